The van der Waals surface area contributed by atoms with E-state index in [0.29, 0.717) is 16.0 Å². The van der Waals surface area contributed by atoms with Gasteiger partial charge in [0.1, 0.15) is 5.82 Å². The van der Waals surface area contributed by atoms with Gasteiger partial charge >= 0.3 is 0 Å². The first kappa shape index (κ1) is 16.9. The highest BCUT2D eigenvalue weighted by atomic mass is 79.9. The molecule has 0 unspecified atom stereocenters. The van der Waals surface area contributed by atoms with E-state index in [1.807, 2.05) is 36.2 Å². The smallest absolute Gasteiger partial charge is 0.238 e. The fraction of sp³-hybridized carbons (Fsp3) is 0.188. The number of likely N-dealkylation sites (N-methyl/N-ethyl adjacent to an activating group) is 1. The molecular weight excluding hydrogens is 371 g/mol. The number of amides is 1. The van der Waals surface area contributed by atoms with E-state index in [2.05, 4.69) is 21.2 Å². The van der Waals surface area contributed by atoms with Crippen LogP contribution in [-0.2, 0) is 11.3 Å². The molecule has 0 radical (unpaired) electrons. The summed E-state index contributed by atoms with van der Waals surface area (Å²) in [4.78, 5) is 13.8. The third kappa shape index (κ3) is 5.09. The summed E-state index contributed by atoms with van der Waals surface area (Å²) >= 11 is 9.01. The van der Waals surface area contributed by atoms with Crippen LogP contribution in [0.25, 0.3) is 0 Å². The summed E-state index contributed by atoms with van der Waals surface area (Å²) in [5, 5.41) is 3.24. The Balaban J connectivity index is 1.89. The molecule has 2 aromatic carbocycles. The topological polar surface area (TPSA) is 32.3 Å². The van der Waals surface area contributed by atoms with Gasteiger partial charge in [0.05, 0.1) is 12.2 Å². The van der Waals surface area contributed by atoms with E-state index in [9.17, 15) is 9.18 Å². The van der Waals surface area contributed by atoms with Gasteiger partial charge in [-0.05, 0) is 42.9 Å². The molecule has 0 aromatic heterocycles. The summed E-state index contributed by atoms with van der Waals surface area (Å²) in [6.45, 7) is 0.769. The minimum Gasteiger partial charge on any atom is -0.322 e. The Morgan fingerprint density at radius 1 is 1.27 bits per heavy atom. The molecule has 2 aromatic rings. The fourth-order valence-corrected chi connectivity index (χ4v) is 2.44. The highest BCUT2D eigenvalue weighted by Crippen LogP contribution is 2.19. The third-order valence-electron chi connectivity index (χ3n) is 2.98. The SMILES string of the molecule is CN(CC(=O)Nc1ccc(Br)cc1F)Cc1ccc(Cl)cc1. The summed E-state index contributed by atoms with van der Waals surface area (Å²) in [5.74, 6) is -0.735. The molecule has 0 spiro atoms. The van der Waals surface area contributed by atoms with Crippen LogP contribution in [0.3, 0.4) is 0 Å². The van der Waals surface area contributed by atoms with Crippen LogP contribution in [0.4, 0.5) is 10.1 Å². The second-order valence-corrected chi connectivity index (χ2v) is 6.32. The molecule has 0 heterocycles. The predicted molar refractivity (Wildman–Crippen MR) is 90.5 cm³/mol. The molecule has 0 aliphatic heterocycles. The Labute approximate surface area is 142 Å². The van der Waals surface area contributed by atoms with Crippen LogP contribution < -0.4 is 5.32 Å². The second kappa shape index (κ2) is 7.72. The van der Waals surface area contributed by atoms with Crippen molar-refractivity contribution in [3.8, 4) is 0 Å². The van der Waals surface area contributed by atoms with Gasteiger partial charge in [-0.3, -0.25) is 9.69 Å². The molecule has 22 heavy (non-hydrogen) atoms. The molecule has 116 valence electrons. The zero-order valence-corrected chi connectivity index (χ0v) is 14.3. The Morgan fingerprint density at radius 2 is 1.95 bits per heavy atom. The quantitative estimate of drug-likeness (QED) is 0.832. The first-order valence-corrected chi connectivity index (χ1v) is 7.79. The molecule has 0 saturated heterocycles. The van der Waals surface area contributed by atoms with Crippen molar-refractivity contribution in [2.45, 2.75) is 6.54 Å². The fourth-order valence-electron chi connectivity index (χ4n) is 1.98. The number of benzene rings is 2. The van der Waals surface area contributed by atoms with Gasteiger partial charge < -0.3 is 5.32 Å². The minimum absolute atomic E-state index is 0.165. The van der Waals surface area contributed by atoms with Gasteiger partial charge in [0.25, 0.3) is 0 Å². The number of nitrogens with one attached hydrogen (secondary N) is 1. The molecule has 0 fully saturated rings. The van der Waals surface area contributed by atoms with Crippen molar-refractivity contribution in [3.63, 3.8) is 0 Å². The van der Waals surface area contributed by atoms with Crippen LogP contribution in [0.1, 0.15) is 5.56 Å². The van der Waals surface area contributed by atoms with E-state index in [0.717, 1.165) is 5.56 Å². The molecule has 1 amide bonds. The Bertz CT molecular complexity index is 664. The van der Waals surface area contributed by atoms with E-state index >= 15 is 0 Å². The van der Waals surface area contributed by atoms with Crippen LogP contribution in [0, 0.1) is 5.82 Å². The van der Waals surface area contributed by atoms with Gasteiger partial charge in [-0.25, -0.2) is 4.39 Å². The number of hydrogen-bond acceptors (Lipinski definition) is 2. The normalized spacial score (nSPS) is 10.8. The van der Waals surface area contributed by atoms with E-state index in [4.69, 9.17) is 11.6 Å². The van der Waals surface area contributed by atoms with Crippen molar-refractivity contribution in [3.05, 3.63) is 63.3 Å². The number of hydrogen-bond donors (Lipinski definition) is 1. The van der Waals surface area contributed by atoms with Gasteiger partial charge in [0.15, 0.2) is 0 Å². The Kier molecular flexibility index (Phi) is 5.94. The number of carbonyl (C=O) groups excluding carboxylic acids is 1. The van der Waals surface area contributed by atoms with Crippen molar-refractivity contribution >= 4 is 39.1 Å². The van der Waals surface area contributed by atoms with Crippen LogP contribution >= 0.6 is 27.5 Å². The number of halogens is 3. The first-order valence-electron chi connectivity index (χ1n) is 6.62. The average molecular weight is 386 g/mol. The van der Waals surface area contributed by atoms with Crippen molar-refractivity contribution in [1.29, 1.82) is 0 Å². The van der Waals surface area contributed by atoms with Gasteiger partial charge in [0.2, 0.25) is 5.91 Å². The molecule has 0 saturated carbocycles. The highest BCUT2D eigenvalue weighted by Gasteiger charge is 2.10. The number of anilines is 1. The second-order valence-electron chi connectivity index (χ2n) is 4.97. The Hall–Kier alpha value is -1.43. The maximum absolute atomic E-state index is 13.7. The zero-order valence-electron chi connectivity index (χ0n) is 11.9. The van der Waals surface area contributed by atoms with E-state index < -0.39 is 5.82 Å². The lowest BCUT2D eigenvalue weighted by atomic mass is 10.2. The van der Waals surface area contributed by atoms with Gasteiger partial charge in [-0.2, -0.15) is 0 Å². The van der Waals surface area contributed by atoms with E-state index in [1.54, 1.807) is 6.07 Å². The number of rotatable bonds is 5. The van der Waals surface area contributed by atoms with Crippen LogP contribution in [0.2, 0.25) is 5.02 Å². The van der Waals surface area contributed by atoms with Crippen molar-refractivity contribution in [2.75, 3.05) is 18.9 Å². The van der Waals surface area contributed by atoms with E-state index in [-0.39, 0.29) is 18.1 Å². The number of nitrogens with zero attached hydrogens (tertiary/aromatic N) is 1. The molecule has 0 atom stereocenters. The zero-order chi connectivity index (χ0) is 16.1. The summed E-state index contributed by atoms with van der Waals surface area (Å²) in [6, 6.07) is 11.9. The van der Waals surface area contributed by atoms with Gasteiger partial charge in [-0.15, -0.1) is 0 Å². The molecule has 0 bridgehead atoms. The standard InChI is InChI=1S/C16H15BrClFN2O/c1-21(9-11-2-5-13(18)6-3-11)10-16(22)20-15-7-4-12(17)8-14(15)19/h2-8H,9-10H2,1H3,(H,20,22). The summed E-state index contributed by atoms with van der Waals surface area (Å²) in [5.41, 5.74) is 1.22. The molecular formula is C16H15BrClFN2O. The molecule has 2 rings (SSSR count). The number of carbonyl (C=O) groups is 1. The van der Waals surface area contributed by atoms with Crippen LogP contribution in [0.15, 0.2) is 46.9 Å². The van der Waals surface area contributed by atoms with Crippen molar-refractivity contribution < 1.29 is 9.18 Å². The van der Waals surface area contributed by atoms with Gasteiger partial charge in [-0.1, -0.05) is 39.7 Å². The average Bonchev–Trinajstić information content (AvgIpc) is 2.44. The molecule has 1 N–H and O–H groups in total. The molecule has 0 aliphatic carbocycles. The highest BCUT2D eigenvalue weighted by molar-refractivity contribution is 9.10. The minimum atomic E-state index is -0.469. The summed E-state index contributed by atoms with van der Waals surface area (Å²) < 4.78 is 14.3. The first-order chi connectivity index (χ1) is 10.4. The lowest BCUT2D eigenvalue weighted by molar-refractivity contribution is -0.117. The maximum atomic E-state index is 13.7. The maximum Gasteiger partial charge on any atom is 0.238 e. The predicted octanol–water partition coefficient (Wildman–Crippen LogP) is 4.31. The third-order valence-corrected chi connectivity index (χ3v) is 3.73. The van der Waals surface area contributed by atoms with Gasteiger partial charge in [0, 0.05) is 16.0 Å². The summed E-state index contributed by atoms with van der Waals surface area (Å²) in [7, 11) is 1.83. The van der Waals surface area contributed by atoms with E-state index in [1.165, 1.54) is 12.1 Å². The molecule has 3 nitrogen and oxygen atoms in total. The lowest BCUT2D eigenvalue weighted by Crippen LogP contribution is -2.30. The van der Waals surface area contributed by atoms with Crippen LogP contribution in [-0.4, -0.2) is 24.4 Å². The van der Waals surface area contributed by atoms with Crippen molar-refractivity contribution in [2.24, 2.45) is 0 Å². The molecule has 6 heteroatoms. The van der Waals surface area contributed by atoms with Crippen molar-refractivity contribution in [1.82, 2.24) is 4.90 Å². The molecule has 0 aliphatic rings. The summed E-state index contributed by atoms with van der Waals surface area (Å²) in [6.07, 6.45) is 0. The largest absolute Gasteiger partial charge is 0.322 e. The lowest BCUT2D eigenvalue weighted by Gasteiger charge is -2.16. The van der Waals surface area contributed by atoms with Crippen LogP contribution in [0.5, 0.6) is 0 Å². The Morgan fingerprint density at radius 3 is 2.59 bits per heavy atom. The monoisotopic (exact) mass is 384 g/mol.